The number of halogens is 3. The molecule has 1 aliphatic carbocycles. The molecule has 0 amide bonds. The van der Waals surface area contributed by atoms with Gasteiger partial charge >= 0.3 is 6.18 Å². The van der Waals surface area contributed by atoms with E-state index in [2.05, 4.69) is 14.7 Å². The molecule has 4 nitrogen and oxygen atoms in total. The Hall–Kier alpha value is -0.890. The largest absolute Gasteiger partial charge is 0.452 e. The van der Waals surface area contributed by atoms with Crippen LogP contribution >= 0.6 is 11.5 Å². The summed E-state index contributed by atoms with van der Waals surface area (Å²) in [6.07, 6.45) is 1.65. The quantitative estimate of drug-likeness (QED) is 0.847. The topological polar surface area (TPSA) is 47.0 Å². The molecule has 0 saturated heterocycles. The fourth-order valence-electron chi connectivity index (χ4n) is 2.03. The van der Waals surface area contributed by atoms with Gasteiger partial charge in [0.2, 0.25) is 11.0 Å². The molecule has 1 aromatic rings. The van der Waals surface area contributed by atoms with Gasteiger partial charge in [-0.05, 0) is 12.8 Å². The highest BCUT2D eigenvalue weighted by atomic mass is 32.1. The van der Waals surface area contributed by atoms with E-state index in [-0.39, 0.29) is 5.13 Å². The number of ether oxygens (including phenoxy) is 1. The van der Waals surface area contributed by atoms with Crippen molar-refractivity contribution in [2.45, 2.75) is 44.4 Å². The second-order valence-electron chi connectivity index (χ2n) is 4.48. The standard InChI is InChI=1S/C11H16F3N3OS/c12-11(13,14)9-16-10(19-17-9)15-6-7-18-8-4-2-1-3-5-8/h8H,1-7H2,(H,15,16,17). The van der Waals surface area contributed by atoms with Gasteiger partial charge in [0, 0.05) is 18.1 Å². The Bertz CT molecular complexity index is 391. The van der Waals surface area contributed by atoms with Crippen LogP contribution in [0.15, 0.2) is 0 Å². The first-order chi connectivity index (χ1) is 9.05. The van der Waals surface area contributed by atoms with E-state index in [0.29, 0.717) is 30.8 Å². The third kappa shape index (κ3) is 4.61. The molecular formula is C11H16F3N3OS. The van der Waals surface area contributed by atoms with Gasteiger partial charge in [-0.15, -0.1) is 0 Å². The molecule has 108 valence electrons. The molecule has 0 aromatic carbocycles. The van der Waals surface area contributed by atoms with Crippen LogP contribution in [-0.4, -0.2) is 28.6 Å². The maximum atomic E-state index is 12.3. The lowest BCUT2D eigenvalue weighted by molar-refractivity contribution is -0.144. The van der Waals surface area contributed by atoms with Crippen LogP contribution in [0, 0.1) is 0 Å². The van der Waals surface area contributed by atoms with Crippen molar-refractivity contribution in [2.24, 2.45) is 0 Å². The molecular weight excluding hydrogens is 279 g/mol. The third-order valence-electron chi connectivity index (χ3n) is 2.96. The second kappa shape index (κ2) is 6.51. The zero-order valence-corrected chi connectivity index (χ0v) is 11.2. The van der Waals surface area contributed by atoms with Crippen molar-refractivity contribution >= 4 is 16.7 Å². The molecule has 1 fully saturated rings. The number of rotatable bonds is 5. The van der Waals surface area contributed by atoms with E-state index in [1.54, 1.807) is 0 Å². The Morgan fingerprint density at radius 2 is 2.00 bits per heavy atom. The van der Waals surface area contributed by atoms with Gasteiger partial charge in [-0.1, -0.05) is 19.3 Å². The molecule has 19 heavy (non-hydrogen) atoms. The number of hydrogen-bond acceptors (Lipinski definition) is 5. The maximum absolute atomic E-state index is 12.3. The zero-order valence-electron chi connectivity index (χ0n) is 10.4. The minimum Gasteiger partial charge on any atom is -0.376 e. The Morgan fingerprint density at radius 1 is 1.26 bits per heavy atom. The van der Waals surface area contributed by atoms with Crippen molar-refractivity contribution in [1.29, 1.82) is 0 Å². The summed E-state index contributed by atoms with van der Waals surface area (Å²) in [7, 11) is 0. The summed E-state index contributed by atoms with van der Waals surface area (Å²) in [5, 5.41) is 2.98. The number of hydrogen-bond donors (Lipinski definition) is 1. The predicted octanol–water partition coefficient (Wildman–Crippen LogP) is 3.32. The Morgan fingerprint density at radius 3 is 2.63 bits per heavy atom. The van der Waals surface area contributed by atoms with Crippen LogP contribution in [0.2, 0.25) is 0 Å². The lowest BCUT2D eigenvalue weighted by Crippen LogP contribution is -2.20. The first-order valence-corrected chi connectivity index (χ1v) is 7.09. The first-order valence-electron chi connectivity index (χ1n) is 6.32. The minimum atomic E-state index is -4.48. The normalized spacial score (nSPS) is 17.6. The van der Waals surface area contributed by atoms with Crippen molar-refractivity contribution < 1.29 is 17.9 Å². The number of nitrogens with zero attached hydrogens (tertiary/aromatic N) is 2. The number of anilines is 1. The zero-order chi connectivity index (χ0) is 13.7. The summed E-state index contributed by atoms with van der Waals surface area (Å²) in [5.74, 6) is -1.09. The van der Waals surface area contributed by atoms with E-state index in [4.69, 9.17) is 4.74 Å². The van der Waals surface area contributed by atoms with E-state index in [0.717, 1.165) is 12.8 Å². The van der Waals surface area contributed by atoms with Crippen molar-refractivity contribution in [1.82, 2.24) is 9.36 Å². The molecule has 1 aromatic heterocycles. The van der Waals surface area contributed by atoms with Crippen LogP contribution in [0.3, 0.4) is 0 Å². The van der Waals surface area contributed by atoms with Crippen LogP contribution in [0.1, 0.15) is 37.9 Å². The number of alkyl halides is 3. The number of aromatic nitrogens is 2. The third-order valence-corrected chi connectivity index (χ3v) is 3.64. The first kappa shape index (κ1) is 14.5. The summed E-state index contributed by atoms with van der Waals surface area (Å²) in [6.45, 7) is 0.925. The van der Waals surface area contributed by atoms with Gasteiger partial charge < -0.3 is 10.1 Å². The molecule has 8 heteroatoms. The van der Waals surface area contributed by atoms with Crippen molar-refractivity contribution in [3.8, 4) is 0 Å². The van der Waals surface area contributed by atoms with Crippen LogP contribution in [0.5, 0.6) is 0 Å². The highest BCUT2D eigenvalue weighted by Gasteiger charge is 2.36. The molecule has 0 radical (unpaired) electrons. The van der Waals surface area contributed by atoms with E-state index in [1.807, 2.05) is 0 Å². The van der Waals surface area contributed by atoms with E-state index in [1.165, 1.54) is 19.3 Å². The lowest BCUT2D eigenvalue weighted by atomic mass is 9.98. The molecule has 1 heterocycles. The lowest BCUT2D eigenvalue weighted by Gasteiger charge is -2.21. The molecule has 0 atom stereocenters. The summed E-state index contributed by atoms with van der Waals surface area (Å²) in [5.41, 5.74) is 0. The number of nitrogens with one attached hydrogen (secondary N) is 1. The van der Waals surface area contributed by atoms with Crippen molar-refractivity contribution in [3.63, 3.8) is 0 Å². The van der Waals surface area contributed by atoms with Crippen LogP contribution < -0.4 is 5.32 Å². The molecule has 0 aliphatic heterocycles. The van der Waals surface area contributed by atoms with Crippen LogP contribution in [0.4, 0.5) is 18.3 Å². The highest BCUT2D eigenvalue weighted by Crippen LogP contribution is 2.28. The maximum Gasteiger partial charge on any atom is 0.452 e. The second-order valence-corrected chi connectivity index (χ2v) is 5.23. The predicted molar refractivity (Wildman–Crippen MR) is 66.2 cm³/mol. The Labute approximate surface area is 113 Å². The molecule has 0 bridgehead atoms. The van der Waals surface area contributed by atoms with E-state index >= 15 is 0 Å². The summed E-state index contributed by atoms with van der Waals surface area (Å²) in [6, 6.07) is 0. The smallest absolute Gasteiger partial charge is 0.376 e. The minimum absolute atomic E-state index is 0.180. The average Bonchev–Trinajstić information content (AvgIpc) is 2.85. The SMILES string of the molecule is FC(F)(F)c1nsc(NCCOC2CCCCC2)n1. The molecule has 1 aliphatic rings. The molecule has 2 rings (SSSR count). The van der Waals surface area contributed by atoms with Crippen LogP contribution in [0.25, 0.3) is 0 Å². The highest BCUT2D eigenvalue weighted by molar-refractivity contribution is 7.09. The summed E-state index contributed by atoms with van der Waals surface area (Å²) >= 11 is 0.715. The van der Waals surface area contributed by atoms with Gasteiger partial charge in [-0.2, -0.15) is 22.5 Å². The molecule has 1 saturated carbocycles. The average molecular weight is 295 g/mol. The summed E-state index contributed by atoms with van der Waals surface area (Å²) in [4.78, 5) is 3.38. The fraction of sp³-hybridized carbons (Fsp3) is 0.818. The van der Waals surface area contributed by atoms with Gasteiger partial charge in [-0.3, -0.25) is 0 Å². The molecule has 1 N–H and O–H groups in total. The van der Waals surface area contributed by atoms with Gasteiger partial charge in [0.1, 0.15) is 0 Å². The van der Waals surface area contributed by atoms with Gasteiger partial charge in [-0.25, -0.2) is 0 Å². The Kier molecular flexibility index (Phi) is 4.98. The van der Waals surface area contributed by atoms with E-state index in [9.17, 15) is 13.2 Å². The fourth-order valence-corrected chi connectivity index (χ4v) is 2.64. The van der Waals surface area contributed by atoms with Crippen LogP contribution in [-0.2, 0) is 10.9 Å². The Balaban J connectivity index is 1.66. The van der Waals surface area contributed by atoms with E-state index < -0.39 is 12.0 Å². The monoisotopic (exact) mass is 295 g/mol. The van der Waals surface area contributed by atoms with Crippen molar-refractivity contribution in [2.75, 3.05) is 18.5 Å². The summed E-state index contributed by atoms with van der Waals surface area (Å²) < 4.78 is 45.7. The van der Waals surface area contributed by atoms with Gasteiger partial charge in [0.15, 0.2) is 0 Å². The molecule has 0 unspecified atom stereocenters. The van der Waals surface area contributed by atoms with Crippen molar-refractivity contribution in [3.05, 3.63) is 5.82 Å². The van der Waals surface area contributed by atoms with Gasteiger partial charge in [0.05, 0.1) is 12.7 Å². The van der Waals surface area contributed by atoms with Gasteiger partial charge in [0.25, 0.3) is 0 Å². The molecule has 0 spiro atoms.